The minimum atomic E-state index is -0.453. The quantitative estimate of drug-likeness (QED) is 0.556. The van der Waals surface area contributed by atoms with Crippen LogP contribution in [-0.2, 0) is 14.3 Å². The van der Waals surface area contributed by atoms with E-state index in [0.717, 1.165) is 18.8 Å². The average molecular weight is 469 g/mol. The Morgan fingerprint density at radius 1 is 1.18 bits per heavy atom. The largest absolute Gasteiger partial charge is 0.379 e. The van der Waals surface area contributed by atoms with Crippen molar-refractivity contribution in [1.82, 2.24) is 9.88 Å². The Hall–Kier alpha value is -2.88. The van der Waals surface area contributed by atoms with Crippen molar-refractivity contribution in [3.63, 3.8) is 0 Å². The number of fused-ring (bicyclic) bond motifs is 1. The fourth-order valence-electron chi connectivity index (χ4n) is 4.32. The molecule has 2 amide bonds. The molecule has 1 unspecified atom stereocenters. The molecule has 33 heavy (non-hydrogen) atoms. The molecule has 1 atom stereocenters. The molecule has 2 aliphatic heterocycles. The SMILES string of the molecule is O=C1CC(C(=O)N(CCN2CCOCC2)c2nc3ccc(F)cc3s2)CN1c1ccccc1. The summed E-state index contributed by atoms with van der Waals surface area (Å²) in [5.74, 6) is -0.955. The number of benzene rings is 2. The molecular formula is C24H25FN4O3S. The number of nitrogens with zero attached hydrogens (tertiary/aromatic N) is 4. The zero-order valence-corrected chi connectivity index (χ0v) is 19.0. The molecule has 0 bridgehead atoms. The summed E-state index contributed by atoms with van der Waals surface area (Å²) in [4.78, 5) is 36.6. The van der Waals surface area contributed by atoms with Gasteiger partial charge in [0.1, 0.15) is 5.82 Å². The first kappa shape index (κ1) is 21.9. The van der Waals surface area contributed by atoms with Crippen molar-refractivity contribution in [3.8, 4) is 0 Å². The first-order chi connectivity index (χ1) is 16.1. The van der Waals surface area contributed by atoms with Crippen LogP contribution in [0.15, 0.2) is 48.5 Å². The van der Waals surface area contributed by atoms with Crippen LogP contribution < -0.4 is 9.80 Å². The third kappa shape index (κ3) is 4.75. The standard InChI is InChI=1S/C24H25FN4O3S/c25-18-6-7-20-21(15-18)33-24(26-20)28(9-8-27-10-12-32-13-11-27)23(31)17-14-22(30)29(16-17)19-4-2-1-3-5-19/h1-7,15,17H,8-14,16H2. The van der Waals surface area contributed by atoms with Crippen LogP contribution in [0.3, 0.4) is 0 Å². The molecule has 7 nitrogen and oxygen atoms in total. The van der Waals surface area contributed by atoms with Gasteiger partial charge in [0, 0.05) is 44.8 Å². The third-order valence-electron chi connectivity index (χ3n) is 6.12. The van der Waals surface area contributed by atoms with Crippen LogP contribution in [0.5, 0.6) is 0 Å². The minimum Gasteiger partial charge on any atom is -0.379 e. The number of halogens is 1. The number of hydrogen-bond acceptors (Lipinski definition) is 6. The molecule has 2 aromatic carbocycles. The van der Waals surface area contributed by atoms with Crippen LogP contribution >= 0.6 is 11.3 Å². The number of anilines is 2. The molecule has 3 aromatic rings. The summed E-state index contributed by atoms with van der Waals surface area (Å²) in [6.07, 6.45) is 0.168. The highest BCUT2D eigenvalue weighted by Crippen LogP contribution is 2.32. The second kappa shape index (κ2) is 9.54. The van der Waals surface area contributed by atoms with Crippen molar-refractivity contribution in [3.05, 3.63) is 54.3 Å². The topological polar surface area (TPSA) is 66.0 Å². The molecule has 0 N–H and O–H groups in total. The summed E-state index contributed by atoms with van der Waals surface area (Å²) in [6.45, 7) is 4.47. The summed E-state index contributed by atoms with van der Waals surface area (Å²) >= 11 is 1.30. The number of aromatic nitrogens is 1. The summed E-state index contributed by atoms with van der Waals surface area (Å²) in [7, 11) is 0. The van der Waals surface area contributed by atoms with E-state index in [1.165, 1.54) is 23.5 Å². The number of carbonyl (C=O) groups excluding carboxylic acids is 2. The fraction of sp³-hybridized carbons (Fsp3) is 0.375. The average Bonchev–Trinajstić information content (AvgIpc) is 3.43. The van der Waals surface area contributed by atoms with Crippen LogP contribution in [-0.4, -0.2) is 67.6 Å². The molecular weight excluding hydrogens is 443 g/mol. The van der Waals surface area contributed by atoms with Crippen LogP contribution in [0, 0.1) is 11.7 Å². The van der Waals surface area contributed by atoms with Gasteiger partial charge in [-0.05, 0) is 30.3 Å². The Bertz CT molecular complexity index is 1150. The number of thiazole rings is 1. The smallest absolute Gasteiger partial charge is 0.234 e. The van der Waals surface area contributed by atoms with Gasteiger partial charge in [-0.2, -0.15) is 0 Å². The molecule has 0 spiro atoms. The minimum absolute atomic E-state index is 0.0564. The van der Waals surface area contributed by atoms with Crippen molar-refractivity contribution in [1.29, 1.82) is 0 Å². The van der Waals surface area contributed by atoms with Crippen LogP contribution in [0.25, 0.3) is 10.2 Å². The van der Waals surface area contributed by atoms with Crippen molar-refractivity contribution in [2.45, 2.75) is 6.42 Å². The van der Waals surface area contributed by atoms with Crippen LogP contribution in [0.2, 0.25) is 0 Å². The molecule has 172 valence electrons. The first-order valence-electron chi connectivity index (χ1n) is 11.1. The van der Waals surface area contributed by atoms with E-state index in [2.05, 4.69) is 9.88 Å². The van der Waals surface area contributed by atoms with Gasteiger partial charge in [0.2, 0.25) is 11.8 Å². The lowest BCUT2D eigenvalue weighted by Gasteiger charge is -2.30. The van der Waals surface area contributed by atoms with Gasteiger partial charge in [0.25, 0.3) is 0 Å². The van der Waals surface area contributed by atoms with E-state index in [-0.39, 0.29) is 24.1 Å². The molecule has 0 aliphatic carbocycles. The molecule has 1 aromatic heterocycles. The second-order valence-corrected chi connectivity index (χ2v) is 9.30. The van der Waals surface area contributed by atoms with Gasteiger partial charge < -0.3 is 9.64 Å². The Labute approximate surface area is 195 Å². The van der Waals surface area contributed by atoms with Gasteiger partial charge >= 0.3 is 0 Å². The number of morpholine rings is 1. The summed E-state index contributed by atoms with van der Waals surface area (Å²) in [6, 6.07) is 13.9. The van der Waals surface area contributed by atoms with Gasteiger partial charge in [-0.15, -0.1) is 0 Å². The molecule has 2 saturated heterocycles. The highest BCUT2D eigenvalue weighted by molar-refractivity contribution is 7.22. The zero-order valence-electron chi connectivity index (χ0n) is 18.2. The molecule has 0 saturated carbocycles. The third-order valence-corrected chi connectivity index (χ3v) is 7.16. The highest BCUT2D eigenvalue weighted by Gasteiger charge is 2.38. The monoisotopic (exact) mass is 468 g/mol. The van der Waals surface area contributed by atoms with E-state index in [1.54, 1.807) is 15.9 Å². The normalized spacial score (nSPS) is 19.4. The van der Waals surface area contributed by atoms with Crippen LogP contribution in [0.4, 0.5) is 15.2 Å². The molecule has 2 aliphatic rings. The fourth-order valence-corrected chi connectivity index (χ4v) is 5.34. The van der Waals surface area contributed by atoms with Crippen molar-refractivity contribution in [2.24, 2.45) is 5.92 Å². The number of rotatable bonds is 6. The van der Waals surface area contributed by atoms with Gasteiger partial charge in [-0.3, -0.25) is 19.4 Å². The lowest BCUT2D eigenvalue weighted by atomic mass is 10.1. The predicted octanol–water partition coefficient (Wildman–Crippen LogP) is 3.15. The van der Waals surface area contributed by atoms with E-state index in [9.17, 15) is 14.0 Å². The molecule has 3 heterocycles. The van der Waals surface area contributed by atoms with Crippen molar-refractivity contribution >= 4 is 44.2 Å². The van der Waals surface area contributed by atoms with Crippen LogP contribution in [0.1, 0.15) is 6.42 Å². The maximum atomic E-state index is 13.7. The van der Waals surface area contributed by atoms with Crippen molar-refractivity contribution in [2.75, 3.05) is 55.7 Å². The number of para-hydroxylation sites is 1. The summed E-state index contributed by atoms with van der Waals surface area (Å²) in [5.41, 5.74) is 1.46. The Kier molecular flexibility index (Phi) is 6.34. The Balaban J connectivity index is 1.39. The summed E-state index contributed by atoms with van der Waals surface area (Å²) in [5, 5.41) is 0.541. The van der Waals surface area contributed by atoms with E-state index >= 15 is 0 Å². The number of amides is 2. The maximum Gasteiger partial charge on any atom is 0.234 e. The molecule has 9 heteroatoms. The maximum absolute atomic E-state index is 13.7. The Morgan fingerprint density at radius 3 is 2.76 bits per heavy atom. The zero-order chi connectivity index (χ0) is 22.8. The molecule has 0 radical (unpaired) electrons. The molecule has 5 rings (SSSR count). The lowest BCUT2D eigenvalue weighted by molar-refractivity contribution is -0.124. The van der Waals surface area contributed by atoms with E-state index in [1.807, 2.05) is 30.3 Å². The molecule has 2 fully saturated rings. The van der Waals surface area contributed by atoms with E-state index in [0.29, 0.717) is 48.2 Å². The lowest BCUT2D eigenvalue weighted by Crippen LogP contribution is -2.45. The van der Waals surface area contributed by atoms with Gasteiger partial charge in [0.05, 0.1) is 29.3 Å². The first-order valence-corrected chi connectivity index (χ1v) is 11.9. The number of hydrogen-bond donors (Lipinski definition) is 0. The van der Waals surface area contributed by atoms with E-state index in [4.69, 9.17) is 4.74 Å². The van der Waals surface area contributed by atoms with Gasteiger partial charge in [-0.1, -0.05) is 29.5 Å². The number of ether oxygens (including phenoxy) is 1. The van der Waals surface area contributed by atoms with Crippen molar-refractivity contribution < 1.29 is 18.7 Å². The summed E-state index contributed by atoms with van der Waals surface area (Å²) < 4.78 is 19.8. The Morgan fingerprint density at radius 2 is 1.97 bits per heavy atom. The van der Waals surface area contributed by atoms with Gasteiger partial charge in [0.15, 0.2) is 5.13 Å². The van der Waals surface area contributed by atoms with E-state index < -0.39 is 5.92 Å². The van der Waals surface area contributed by atoms with Gasteiger partial charge in [-0.25, -0.2) is 9.37 Å². The predicted molar refractivity (Wildman–Crippen MR) is 126 cm³/mol. The second-order valence-electron chi connectivity index (χ2n) is 8.29. The highest BCUT2D eigenvalue weighted by atomic mass is 32.1. The number of carbonyl (C=O) groups is 2.